The Hall–Kier alpha value is -4.13. The second kappa shape index (κ2) is 16.0. The number of rotatable bonds is 17. The molecule has 0 bridgehead atoms. The molecule has 0 amide bonds. The molecule has 0 aromatic heterocycles. The van der Waals surface area contributed by atoms with Crippen molar-refractivity contribution in [1.29, 1.82) is 0 Å². The minimum Gasteiger partial charge on any atom is -0.494 e. The summed E-state index contributed by atoms with van der Waals surface area (Å²) in [5.41, 5.74) is 14.0. The average Bonchev–Trinajstić information content (AvgIpc) is 2.94. The van der Waals surface area contributed by atoms with Crippen LogP contribution < -0.4 is 20.9 Å². The molecule has 0 aliphatic carbocycles. The summed E-state index contributed by atoms with van der Waals surface area (Å²) < 4.78 is 24.5. The van der Waals surface area contributed by atoms with Crippen molar-refractivity contribution in [2.24, 2.45) is 0 Å². The van der Waals surface area contributed by atoms with Crippen LogP contribution in [0.5, 0.6) is 11.5 Å². The van der Waals surface area contributed by atoms with E-state index in [1.807, 2.05) is 30.6 Å². The molecule has 0 unspecified atom stereocenters. The summed E-state index contributed by atoms with van der Waals surface area (Å²) in [6.07, 6.45) is 13.8. The summed E-state index contributed by atoms with van der Waals surface area (Å²) in [6, 6.07) is 16.2. The zero-order chi connectivity index (χ0) is 27.9. The fraction of sp³-hybridized carbons (Fsp3) is 0.312. The number of carbonyl (C=O) groups excluding carboxylic acids is 2. The Bertz CT molecular complexity index is 1220. The summed E-state index contributed by atoms with van der Waals surface area (Å²) in [4.78, 5) is 23.2. The lowest BCUT2D eigenvalue weighted by atomic mass is 10.1. The van der Waals surface area contributed by atoms with Crippen LogP contribution in [0.2, 0.25) is 0 Å². The molecule has 0 aliphatic rings. The number of benzene rings is 3. The number of nitrogen functional groups attached to an aromatic ring is 2. The maximum atomic E-state index is 13.0. The van der Waals surface area contributed by atoms with Gasteiger partial charge in [-0.15, -0.1) is 0 Å². The van der Waals surface area contributed by atoms with E-state index in [9.17, 15) is 14.0 Å². The molecule has 3 rings (SSSR count). The van der Waals surface area contributed by atoms with Crippen LogP contribution in [-0.4, -0.2) is 25.3 Å². The lowest BCUT2D eigenvalue weighted by molar-refractivity contribution is 0.104. The first kappa shape index (κ1) is 29.4. The van der Waals surface area contributed by atoms with Crippen molar-refractivity contribution in [2.75, 3.05) is 24.7 Å². The minimum atomic E-state index is -0.363. The van der Waals surface area contributed by atoms with E-state index in [1.54, 1.807) is 12.1 Å². The predicted molar refractivity (Wildman–Crippen MR) is 154 cm³/mol. The highest BCUT2D eigenvalue weighted by molar-refractivity contribution is 6.06. The van der Waals surface area contributed by atoms with Gasteiger partial charge in [-0.25, -0.2) is 4.39 Å². The molecular formula is C32H36FN2O4. The topological polar surface area (TPSA) is 105 Å². The third kappa shape index (κ3) is 10.3. The fourth-order valence-corrected chi connectivity index (χ4v) is 4.10. The summed E-state index contributed by atoms with van der Waals surface area (Å²) in [6.45, 7) is 1.18. The van der Waals surface area contributed by atoms with E-state index < -0.39 is 0 Å². The molecule has 39 heavy (non-hydrogen) atoms. The average molecular weight is 532 g/mol. The van der Waals surface area contributed by atoms with Gasteiger partial charge < -0.3 is 20.9 Å². The molecule has 205 valence electrons. The number of allylic oxidation sites excluding steroid dienone is 1. The molecule has 0 fully saturated rings. The largest absolute Gasteiger partial charge is 0.494 e. The Morgan fingerprint density at radius 1 is 0.795 bits per heavy atom. The Labute approximate surface area is 229 Å². The quantitative estimate of drug-likeness (QED) is 0.0848. The van der Waals surface area contributed by atoms with E-state index in [1.165, 1.54) is 55.7 Å². The molecule has 0 spiro atoms. The third-order valence-corrected chi connectivity index (χ3v) is 6.24. The van der Waals surface area contributed by atoms with Crippen molar-refractivity contribution in [3.8, 4) is 11.5 Å². The standard InChI is InChI=1S/C32H36FN2O4/c33-27-14-12-25(13-15-27)31(37)18-11-24-9-16-29(17-10-24)38-19-7-5-3-1-2-4-6-8-20-39-32-26(23-36)21-28(34)22-30(32)35/h9-18,21-22H,1-8,19-20,34-35H2. The molecule has 3 aromatic carbocycles. The second-order valence-corrected chi connectivity index (χ2v) is 9.39. The number of anilines is 2. The maximum Gasteiger partial charge on any atom is 0.237 e. The van der Waals surface area contributed by atoms with Gasteiger partial charge in [-0.05, 0) is 73.0 Å². The van der Waals surface area contributed by atoms with Crippen LogP contribution in [0.15, 0.2) is 66.7 Å². The second-order valence-electron chi connectivity index (χ2n) is 9.39. The van der Waals surface area contributed by atoms with Gasteiger partial charge >= 0.3 is 0 Å². The van der Waals surface area contributed by atoms with Gasteiger partial charge in [0, 0.05) is 11.3 Å². The monoisotopic (exact) mass is 531 g/mol. The molecule has 0 heterocycles. The number of hydrogen-bond donors (Lipinski definition) is 2. The molecule has 6 nitrogen and oxygen atoms in total. The van der Waals surface area contributed by atoms with E-state index in [0.717, 1.165) is 43.4 Å². The lowest BCUT2D eigenvalue weighted by Gasteiger charge is -2.11. The van der Waals surface area contributed by atoms with E-state index in [4.69, 9.17) is 20.9 Å². The third-order valence-electron chi connectivity index (χ3n) is 6.24. The Morgan fingerprint density at radius 3 is 2.00 bits per heavy atom. The van der Waals surface area contributed by atoms with E-state index in [0.29, 0.717) is 35.9 Å². The van der Waals surface area contributed by atoms with Gasteiger partial charge in [0.05, 0.1) is 24.5 Å². The van der Waals surface area contributed by atoms with Crippen LogP contribution >= 0.6 is 0 Å². The summed E-state index contributed by atoms with van der Waals surface area (Å²) >= 11 is 0. The van der Waals surface area contributed by atoms with Crippen molar-refractivity contribution < 1.29 is 23.5 Å². The zero-order valence-corrected chi connectivity index (χ0v) is 22.2. The molecule has 4 N–H and O–H groups in total. The number of ketones is 1. The van der Waals surface area contributed by atoms with Gasteiger partial charge in [-0.1, -0.05) is 56.7 Å². The van der Waals surface area contributed by atoms with Gasteiger partial charge in [0.1, 0.15) is 11.6 Å². The van der Waals surface area contributed by atoms with Gasteiger partial charge in [0.15, 0.2) is 11.5 Å². The van der Waals surface area contributed by atoms with Gasteiger partial charge in [0.25, 0.3) is 0 Å². The van der Waals surface area contributed by atoms with Crippen molar-refractivity contribution in [2.45, 2.75) is 51.4 Å². The minimum absolute atomic E-state index is 0.169. The van der Waals surface area contributed by atoms with E-state index in [2.05, 4.69) is 0 Å². The van der Waals surface area contributed by atoms with Crippen LogP contribution in [0, 0.1) is 5.82 Å². The molecule has 7 heteroatoms. The first-order chi connectivity index (χ1) is 19.0. The van der Waals surface area contributed by atoms with Crippen molar-refractivity contribution in [1.82, 2.24) is 0 Å². The molecule has 0 saturated heterocycles. The summed E-state index contributed by atoms with van der Waals surface area (Å²) in [5.74, 6) is 0.637. The number of carbonyl (C=O) groups is 1. The van der Waals surface area contributed by atoms with Gasteiger partial charge in [-0.2, -0.15) is 0 Å². The SMILES string of the molecule is Nc1cc(N)c(OCCCCCCCCCCOc2ccc(C=CC(=O)c3ccc(F)cc3)cc2)c([C]=O)c1. The first-order valence-electron chi connectivity index (χ1n) is 13.4. The molecule has 0 aliphatic heterocycles. The van der Waals surface area contributed by atoms with E-state index in [-0.39, 0.29) is 17.2 Å². The number of ether oxygens (including phenoxy) is 2. The normalized spacial score (nSPS) is 11.0. The van der Waals surface area contributed by atoms with Gasteiger partial charge in [-0.3, -0.25) is 9.59 Å². The van der Waals surface area contributed by atoms with Crippen LogP contribution in [0.25, 0.3) is 6.08 Å². The van der Waals surface area contributed by atoms with Crippen LogP contribution in [-0.2, 0) is 4.79 Å². The van der Waals surface area contributed by atoms with Crippen molar-refractivity contribution in [3.05, 3.63) is 89.2 Å². The molecule has 3 aromatic rings. The number of hydrogen-bond acceptors (Lipinski definition) is 6. The van der Waals surface area contributed by atoms with E-state index >= 15 is 0 Å². The highest BCUT2D eigenvalue weighted by Crippen LogP contribution is 2.28. The van der Waals surface area contributed by atoms with Crippen molar-refractivity contribution in [3.63, 3.8) is 0 Å². The van der Waals surface area contributed by atoms with Crippen LogP contribution in [0.3, 0.4) is 0 Å². The number of nitrogens with two attached hydrogens (primary N) is 2. The van der Waals surface area contributed by atoms with Crippen LogP contribution in [0.1, 0.15) is 72.9 Å². The molecule has 1 radical (unpaired) electrons. The lowest BCUT2D eigenvalue weighted by Crippen LogP contribution is -2.04. The maximum absolute atomic E-state index is 13.0. The predicted octanol–water partition coefficient (Wildman–Crippen LogP) is 6.92. The zero-order valence-electron chi connectivity index (χ0n) is 22.2. The highest BCUT2D eigenvalue weighted by atomic mass is 19.1. The Balaban J connectivity index is 1.20. The van der Waals surface area contributed by atoms with Crippen LogP contribution in [0.4, 0.5) is 15.8 Å². The smallest absolute Gasteiger partial charge is 0.237 e. The fourth-order valence-electron chi connectivity index (χ4n) is 4.10. The molecule has 0 atom stereocenters. The Morgan fingerprint density at radius 2 is 1.38 bits per heavy atom. The number of unbranched alkanes of at least 4 members (excludes halogenated alkanes) is 7. The van der Waals surface area contributed by atoms with Gasteiger partial charge in [0.2, 0.25) is 6.29 Å². The van der Waals surface area contributed by atoms with Crippen molar-refractivity contribution >= 4 is 29.5 Å². The summed E-state index contributed by atoms with van der Waals surface area (Å²) in [5, 5.41) is 0. The number of halogens is 1. The first-order valence-corrected chi connectivity index (χ1v) is 13.4. The highest BCUT2D eigenvalue weighted by Gasteiger charge is 2.09. The Kier molecular flexibility index (Phi) is 12.0. The summed E-state index contributed by atoms with van der Waals surface area (Å²) in [7, 11) is 0. The molecule has 0 saturated carbocycles. The molecular weight excluding hydrogens is 495 g/mol.